The van der Waals surface area contributed by atoms with Gasteiger partial charge in [0.1, 0.15) is 0 Å². The molecule has 0 fully saturated rings. The Hall–Kier alpha value is -2.76. The van der Waals surface area contributed by atoms with Crippen LogP contribution in [0.4, 0.5) is 4.79 Å². The summed E-state index contributed by atoms with van der Waals surface area (Å²) in [6, 6.07) is 10.9. The van der Waals surface area contributed by atoms with Gasteiger partial charge in [-0.1, -0.05) is 0 Å². The third kappa shape index (κ3) is 3.46. The van der Waals surface area contributed by atoms with Gasteiger partial charge < -0.3 is 9.88 Å². The molecule has 0 bridgehead atoms. The van der Waals surface area contributed by atoms with Crippen molar-refractivity contribution in [1.29, 1.82) is 0 Å². The fraction of sp³-hybridized carbons (Fsp3) is 0.250. The summed E-state index contributed by atoms with van der Waals surface area (Å²) in [6.07, 6.45) is 0. The Morgan fingerprint density at radius 3 is 2.09 bits per heavy atom. The Kier molecular flexibility index (Phi) is 4.83. The van der Waals surface area contributed by atoms with E-state index in [0.29, 0.717) is 12.1 Å². The molecular weight excluding hydrogens is 280 g/mol. The number of rotatable bonds is 3. The fourth-order valence-electron chi connectivity index (χ4n) is 2.23. The molecule has 0 unspecified atom stereocenters. The fourth-order valence-corrected chi connectivity index (χ4v) is 2.23. The van der Waals surface area contributed by atoms with Gasteiger partial charge in [-0.25, -0.2) is 10.2 Å². The standard InChI is InChI=1S/C16H20N4O2/c1-4-17-16(22)19-18-15(21)13-7-9-14(10-8-13)20-11(2)5-6-12(20)3/h5-10H,4H2,1-3H3,(H,18,21)(H2,17,19,22). The van der Waals surface area contributed by atoms with E-state index in [-0.39, 0.29) is 5.91 Å². The van der Waals surface area contributed by atoms with Gasteiger partial charge in [-0.05, 0) is 57.2 Å². The first-order valence-corrected chi connectivity index (χ1v) is 7.12. The van der Waals surface area contributed by atoms with Crippen molar-refractivity contribution >= 4 is 11.9 Å². The Bertz CT molecular complexity index is 654. The molecule has 1 heterocycles. The molecule has 0 saturated heterocycles. The van der Waals surface area contributed by atoms with Crippen LogP contribution in [0.25, 0.3) is 5.69 Å². The van der Waals surface area contributed by atoms with E-state index < -0.39 is 6.03 Å². The lowest BCUT2D eigenvalue weighted by atomic mass is 10.2. The van der Waals surface area contributed by atoms with Crippen LogP contribution >= 0.6 is 0 Å². The first kappa shape index (κ1) is 15.6. The van der Waals surface area contributed by atoms with Crippen molar-refractivity contribution in [2.24, 2.45) is 0 Å². The van der Waals surface area contributed by atoms with Crippen LogP contribution in [0.15, 0.2) is 36.4 Å². The van der Waals surface area contributed by atoms with E-state index in [0.717, 1.165) is 17.1 Å². The summed E-state index contributed by atoms with van der Waals surface area (Å²) >= 11 is 0. The summed E-state index contributed by atoms with van der Waals surface area (Å²) < 4.78 is 2.11. The van der Waals surface area contributed by atoms with Crippen molar-refractivity contribution in [1.82, 2.24) is 20.7 Å². The number of urea groups is 1. The zero-order valence-electron chi connectivity index (χ0n) is 12.9. The average molecular weight is 300 g/mol. The molecule has 0 saturated carbocycles. The van der Waals surface area contributed by atoms with Crippen LogP contribution in [0.1, 0.15) is 28.7 Å². The Labute approximate surface area is 129 Å². The molecule has 0 atom stereocenters. The summed E-state index contributed by atoms with van der Waals surface area (Å²) in [7, 11) is 0. The van der Waals surface area contributed by atoms with Crippen LogP contribution in [0.2, 0.25) is 0 Å². The van der Waals surface area contributed by atoms with Crippen LogP contribution in [-0.4, -0.2) is 23.1 Å². The van der Waals surface area contributed by atoms with Gasteiger partial charge in [0.15, 0.2) is 0 Å². The highest BCUT2D eigenvalue weighted by Gasteiger charge is 2.08. The predicted molar refractivity (Wildman–Crippen MR) is 84.9 cm³/mol. The largest absolute Gasteiger partial charge is 0.337 e. The zero-order valence-corrected chi connectivity index (χ0v) is 12.9. The first-order valence-electron chi connectivity index (χ1n) is 7.12. The molecule has 6 heteroatoms. The van der Waals surface area contributed by atoms with Crippen molar-refractivity contribution in [3.63, 3.8) is 0 Å². The summed E-state index contributed by atoms with van der Waals surface area (Å²) in [5.74, 6) is -0.362. The first-order chi connectivity index (χ1) is 10.5. The molecule has 0 aliphatic carbocycles. The van der Waals surface area contributed by atoms with Crippen molar-refractivity contribution in [3.05, 3.63) is 53.3 Å². The molecule has 6 nitrogen and oxygen atoms in total. The number of nitrogens with one attached hydrogen (secondary N) is 3. The van der Waals surface area contributed by atoms with Gasteiger partial charge in [-0.2, -0.15) is 0 Å². The minimum Gasteiger partial charge on any atom is -0.337 e. The molecule has 1 aromatic heterocycles. The maximum absolute atomic E-state index is 11.9. The number of amides is 3. The van der Waals surface area contributed by atoms with Gasteiger partial charge >= 0.3 is 6.03 Å². The number of aromatic nitrogens is 1. The molecule has 3 amide bonds. The topological polar surface area (TPSA) is 75.2 Å². The Morgan fingerprint density at radius 2 is 1.55 bits per heavy atom. The third-order valence-electron chi connectivity index (χ3n) is 3.29. The number of benzene rings is 1. The van der Waals surface area contributed by atoms with Crippen molar-refractivity contribution in [3.8, 4) is 5.69 Å². The van der Waals surface area contributed by atoms with Gasteiger partial charge in [0.2, 0.25) is 0 Å². The number of nitrogens with zero attached hydrogens (tertiary/aromatic N) is 1. The minimum absolute atomic E-state index is 0.362. The van der Waals surface area contributed by atoms with Crippen LogP contribution in [-0.2, 0) is 0 Å². The van der Waals surface area contributed by atoms with Crippen LogP contribution in [0.3, 0.4) is 0 Å². The molecule has 22 heavy (non-hydrogen) atoms. The SMILES string of the molecule is CCNC(=O)NNC(=O)c1ccc(-n2c(C)ccc2C)cc1. The van der Waals surface area contributed by atoms with Crippen LogP contribution in [0, 0.1) is 13.8 Å². The molecule has 116 valence electrons. The summed E-state index contributed by atoms with van der Waals surface area (Å²) in [5.41, 5.74) is 8.37. The van der Waals surface area contributed by atoms with E-state index >= 15 is 0 Å². The van der Waals surface area contributed by atoms with Crippen LogP contribution in [0.5, 0.6) is 0 Å². The van der Waals surface area contributed by atoms with E-state index in [1.165, 1.54) is 0 Å². The number of hydrogen-bond acceptors (Lipinski definition) is 2. The second-order valence-electron chi connectivity index (χ2n) is 4.94. The monoisotopic (exact) mass is 300 g/mol. The lowest BCUT2D eigenvalue weighted by molar-refractivity contribution is 0.0936. The van der Waals surface area contributed by atoms with E-state index in [9.17, 15) is 9.59 Å². The maximum Gasteiger partial charge on any atom is 0.333 e. The molecule has 0 aliphatic rings. The molecule has 0 spiro atoms. The van der Waals surface area contributed by atoms with Gasteiger partial charge in [0.25, 0.3) is 5.91 Å². The highest BCUT2D eigenvalue weighted by Crippen LogP contribution is 2.16. The second kappa shape index (κ2) is 6.80. The lowest BCUT2D eigenvalue weighted by Crippen LogP contribution is -2.46. The number of aryl methyl sites for hydroxylation is 2. The number of carbonyl (C=O) groups is 2. The Balaban J connectivity index is 2.06. The number of hydrogen-bond donors (Lipinski definition) is 3. The normalized spacial score (nSPS) is 10.1. The molecule has 1 aromatic carbocycles. The molecule has 0 radical (unpaired) electrons. The summed E-state index contributed by atoms with van der Waals surface area (Å²) in [4.78, 5) is 23.1. The zero-order chi connectivity index (χ0) is 16.1. The van der Waals surface area contributed by atoms with Gasteiger partial charge in [-0.3, -0.25) is 10.2 Å². The molecular formula is C16H20N4O2. The highest BCUT2D eigenvalue weighted by atomic mass is 16.2. The van der Waals surface area contributed by atoms with Gasteiger partial charge in [0.05, 0.1) is 0 Å². The maximum atomic E-state index is 11.9. The molecule has 2 rings (SSSR count). The molecule has 0 aliphatic heterocycles. The van der Waals surface area contributed by atoms with Crippen LogP contribution < -0.4 is 16.2 Å². The summed E-state index contributed by atoms with van der Waals surface area (Å²) in [5, 5.41) is 2.52. The second-order valence-corrected chi connectivity index (χ2v) is 4.94. The summed E-state index contributed by atoms with van der Waals surface area (Å²) in [6.45, 7) is 6.35. The highest BCUT2D eigenvalue weighted by molar-refractivity contribution is 5.95. The third-order valence-corrected chi connectivity index (χ3v) is 3.29. The Morgan fingerprint density at radius 1 is 0.955 bits per heavy atom. The van der Waals surface area contributed by atoms with Gasteiger partial charge in [0, 0.05) is 29.2 Å². The van der Waals surface area contributed by atoms with Crippen molar-refractivity contribution < 1.29 is 9.59 Å². The van der Waals surface area contributed by atoms with E-state index in [1.807, 2.05) is 38.1 Å². The smallest absolute Gasteiger partial charge is 0.333 e. The number of hydrazine groups is 1. The molecule has 2 aromatic rings. The minimum atomic E-state index is -0.439. The lowest BCUT2D eigenvalue weighted by Gasteiger charge is -2.11. The number of carbonyl (C=O) groups excluding carboxylic acids is 2. The van der Waals surface area contributed by atoms with E-state index in [4.69, 9.17) is 0 Å². The van der Waals surface area contributed by atoms with E-state index in [1.54, 1.807) is 19.1 Å². The predicted octanol–water partition coefficient (Wildman–Crippen LogP) is 2.06. The van der Waals surface area contributed by atoms with E-state index in [2.05, 4.69) is 20.7 Å². The van der Waals surface area contributed by atoms with Crippen molar-refractivity contribution in [2.45, 2.75) is 20.8 Å². The quantitative estimate of drug-likeness (QED) is 0.759. The van der Waals surface area contributed by atoms with Crippen molar-refractivity contribution in [2.75, 3.05) is 6.54 Å². The molecule has 3 N–H and O–H groups in total. The van der Waals surface area contributed by atoms with Gasteiger partial charge in [-0.15, -0.1) is 0 Å². The average Bonchev–Trinajstić information content (AvgIpc) is 2.84.